The van der Waals surface area contributed by atoms with Gasteiger partial charge in [-0.05, 0) is 221 Å². The van der Waals surface area contributed by atoms with Crippen LogP contribution in [0.1, 0.15) is 77.9 Å². The summed E-state index contributed by atoms with van der Waals surface area (Å²) in [6.45, 7) is 3.73. The van der Waals surface area contributed by atoms with Crippen LogP contribution in [-0.4, -0.2) is 10.2 Å². The van der Waals surface area contributed by atoms with Crippen LogP contribution in [0.25, 0.3) is 32.7 Å². The summed E-state index contributed by atoms with van der Waals surface area (Å²) in [5, 5.41) is 26.9. The van der Waals surface area contributed by atoms with Crippen molar-refractivity contribution < 1.29 is 76.5 Å². The van der Waals surface area contributed by atoms with E-state index in [9.17, 15) is 10.2 Å². The lowest BCUT2D eigenvalue weighted by atomic mass is 9.92. The van der Waals surface area contributed by atoms with E-state index in [1.165, 1.54) is 0 Å². The van der Waals surface area contributed by atoms with E-state index in [0.717, 1.165) is 88.7 Å². The zero-order valence-electron chi connectivity index (χ0n) is 73.8. The van der Waals surface area contributed by atoms with Crippen molar-refractivity contribution in [2.24, 2.45) is 0 Å². The van der Waals surface area contributed by atoms with E-state index in [2.05, 4.69) is 0 Å². The highest BCUT2D eigenvalue weighted by Gasteiger charge is 2.21. The largest absolute Gasteiger partial charge is 0.507 e. The molecule has 0 spiro atoms. The molecule has 18 aromatic carbocycles. The lowest BCUT2D eigenvalue weighted by Crippen LogP contribution is -2.04. The summed E-state index contributed by atoms with van der Waals surface area (Å²) in [6, 6.07) is 133. The van der Waals surface area contributed by atoms with Crippen molar-refractivity contribution in [3.63, 3.8) is 0 Å². The molecule has 18 rings (SSSR count). The molecule has 16 nitrogen and oxygen atoms in total. The average Bonchev–Trinajstić information content (AvgIpc) is 0.751. The van der Waals surface area contributed by atoms with Crippen LogP contribution in [0.5, 0.6) is 92.0 Å². The average molecular weight is 1770 g/mol. The number of benzene rings is 18. The van der Waals surface area contributed by atoms with Crippen LogP contribution >= 0.6 is 0 Å². The lowest BCUT2D eigenvalue weighted by molar-refractivity contribution is 0.273. The van der Waals surface area contributed by atoms with Gasteiger partial charge < -0.3 is 76.5 Å². The molecule has 0 fully saturated rings. The zero-order chi connectivity index (χ0) is 90.7. The summed E-state index contributed by atoms with van der Waals surface area (Å²) in [6.07, 6.45) is 0. The van der Waals surface area contributed by atoms with E-state index in [1.54, 1.807) is 12.1 Å². The summed E-state index contributed by atoms with van der Waals surface area (Å²) in [5.74, 6) is 8.22. The molecule has 18 aromatic rings. The molecule has 0 aliphatic heterocycles. The second-order valence-electron chi connectivity index (χ2n) is 32.5. The Kier molecular flexibility index (Phi) is 28.9. The van der Waals surface area contributed by atoms with Crippen LogP contribution in [0.3, 0.4) is 0 Å². The molecule has 0 saturated carbocycles. The first-order valence-electron chi connectivity index (χ1n) is 44.5. The molecule has 0 unspecified atom stereocenters. The van der Waals surface area contributed by atoms with Crippen LogP contribution in [0.4, 0.5) is 0 Å². The van der Waals surface area contributed by atoms with Gasteiger partial charge >= 0.3 is 0 Å². The number of phenolic OH excluding ortho intramolecular Hbond substituents is 2. The van der Waals surface area contributed by atoms with Gasteiger partial charge in [0.15, 0.2) is 0 Å². The maximum atomic E-state index is 12.0. The van der Waals surface area contributed by atoms with Crippen molar-refractivity contribution in [2.45, 2.75) is 92.5 Å². The molecule has 666 valence electrons. The Bertz CT molecular complexity index is 5920. The fourth-order valence-corrected chi connectivity index (χ4v) is 15.5. The molecule has 0 aromatic heterocycles. The van der Waals surface area contributed by atoms with Crippen molar-refractivity contribution in [3.05, 3.63) is 490 Å². The Morgan fingerprint density at radius 1 is 0.127 bits per heavy atom. The molecule has 134 heavy (non-hydrogen) atoms. The van der Waals surface area contributed by atoms with Gasteiger partial charge in [0.25, 0.3) is 0 Å². The summed E-state index contributed by atoms with van der Waals surface area (Å²) in [7, 11) is 0. The van der Waals surface area contributed by atoms with E-state index in [4.69, 9.17) is 66.3 Å². The summed E-state index contributed by atoms with van der Waals surface area (Å²) in [5.41, 5.74) is 13.9. The predicted molar refractivity (Wildman–Crippen MR) is 521 cm³/mol. The fraction of sp³-hybridized carbons (Fsp3) is 0.119. The molecule has 16 heteroatoms. The summed E-state index contributed by atoms with van der Waals surface area (Å²) < 4.78 is 91.7. The summed E-state index contributed by atoms with van der Waals surface area (Å²) in [4.78, 5) is 0. The number of aromatic hydroxyl groups is 2. The van der Waals surface area contributed by atoms with E-state index >= 15 is 0 Å². The minimum Gasteiger partial charge on any atom is -0.507 e. The van der Waals surface area contributed by atoms with Crippen molar-refractivity contribution >= 4 is 21.5 Å². The van der Waals surface area contributed by atoms with Gasteiger partial charge in [0, 0.05) is 47.5 Å². The molecule has 0 aliphatic carbocycles. The molecule has 0 heterocycles. The monoisotopic (exact) mass is 1770 g/mol. The number of hydrogen-bond acceptors (Lipinski definition) is 16. The second-order valence-corrected chi connectivity index (χ2v) is 32.5. The van der Waals surface area contributed by atoms with E-state index in [-0.39, 0.29) is 51.1 Å². The normalized spacial score (nSPS) is 11.0. The molecular formula is C118H98O16. The van der Waals surface area contributed by atoms with E-state index in [1.807, 2.05) is 400 Å². The van der Waals surface area contributed by atoms with Crippen LogP contribution in [-0.2, 0) is 92.5 Å². The van der Waals surface area contributed by atoms with Gasteiger partial charge in [0.05, 0.1) is 0 Å². The van der Waals surface area contributed by atoms with Crippen LogP contribution in [0.15, 0.2) is 413 Å². The Hall–Kier alpha value is -16.7. The first-order chi connectivity index (χ1) is 66.0. The zero-order valence-corrected chi connectivity index (χ0v) is 73.8. The lowest BCUT2D eigenvalue weighted by Gasteiger charge is -2.17. The molecule has 0 saturated heterocycles. The maximum absolute atomic E-state index is 12.0. The molecule has 0 bridgehead atoms. The van der Waals surface area contributed by atoms with Gasteiger partial charge in [0.1, 0.15) is 184 Å². The van der Waals surface area contributed by atoms with Gasteiger partial charge in [-0.2, -0.15) is 0 Å². The minimum atomic E-state index is -0.0228. The Labute approximate surface area is 779 Å². The Balaban J connectivity index is 0.605. The molecule has 0 radical (unpaired) electrons. The minimum absolute atomic E-state index is 0.0228. The number of ether oxygens (including phenoxy) is 14. The smallest absolute Gasteiger partial charge is 0.124 e. The van der Waals surface area contributed by atoms with Crippen molar-refractivity contribution in [3.8, 4) is 103 Å². The number of fused-ring (bicyclic) bond motifs is 2. The van der Waals surface area contributed by atoms with Crippen molar-refractivity contribution in [1.82, 2.24) is 0 Å². The van der Waals surface area contributed by atoms with Crippen LogP contribution in [0.2, 0.25) is 0 Å². The highest BCUT2D eigenvalue weighted by molar-refractivity contribution is 6.10. The molecule has 0 atom stereocenters. The third kappa shape index (κ3) is 25.0. The van der Waals surface area contributed by atoms with E-state index < -0.39 is 0 Å². The van der Waals surface area contributed by atoms with Gasteiger partial charge in [0.2, 0.25) is 0 Å². The molecule has 2 N–H and O–H groups in total. The number of phenols is 2. The fourth-order valence-electron chi connectivity index (χ4n) is 15.5. The first-order valence-corrected chi connectivity index (χ1v) is 44.5. The van der Waals surface area contributed by atoms with Crippen molar-refractivity contribution in [2.75, 3.05) is 0 Å². The standard InChI is InChI=1S/C118H98O16/c119-115-47-41-97-61-99(121-77-91-49-109(131-79-93-53-101(123-69-83-25-9-1-10-26-83)63-102(54-93)124-70-84-27-11-2-12-28-84)67-110(50-91)132-80-94-55-103(125-71-85-29-13-3-14-30-85)64-104(56-94)126-72-86-31-15-4-16-32-86)43-45-113(97)117(115)118-114-46-44-100(62-98(114)42-48-116(118)120)122-78-92-51-111(133-81-95-57-105(127-73-87-33-17-5-18-34-87)65-106(58-95)128-74-88-35-19-6-20-36-88)68-112(52-92)134-82-96-59-107(129-75-89-37-21-7-22-38-89)66-108(60-96)130-76-90-39-23-8-24-40-90/h1-68,119-120H,69-82H2. The second kappa shape index (κ2) is 44.1. The maximum Gasteiger partial charge on any atom is 0.124 e. The van der Waals surface area contributed by atoms with E-state index in [0.29, 0.717) is 155 Å². The third-order valence-electron chi connectivity index (χ3n) is 22.2. The predicted octanol–water partition coefficient (Wildman–Crippen LogP) is 27.2. The third-order valence-corrected chi connectivity index (χ3v) is 22.2. The van der Waals surface area contributed by atoms with Gasteiger partial charge in [-0.3, -0.25) is 0 Å². The first kappa shape index (κ1) is 87.9. The Morgan fingerprint density at radius 3 is 0.440 bits per heavy atom. The quantitative estimate of drug-likeness (QED) is 0.0370. The highest BCUT2D eigenvalue weighted by atomic mass is 16.5. The molecule has 0 aliphatic rings. The SMILES string of the molecule is Oc1ccc2cc(OCc3cc(OCc4cc(OCc5ccccc5)cc(OCc5ccccc5)c4)cc(OCc4cc(OCc5ccccc5)cc(OCc5ccccc5)c4)c3)ccc2c1-c1c(O)ccc2cc(OCc3cc(OCc4cc(OCc5ccccc5)cc(OCc5ccccc5)c4)cc(OCc4cc(OCc5ccccc5)cc(OCc5ccccc5)c4)c3)ccc12. The Morgan fingerprint density at radius 2 is 0.276 bits per heavy atom. The van der Waals surface area contributed by atoms with Gasteiger partial charge in [-0.1, -0.05) is 255 Å². The van der Waals surface area contributed by atoms with Gasteiger partial charge in [-0.15, -0.1) is 0 Å². The van der Waals surface area contributed by atoms with Crippen molar-refractivity contribution in [1.29, 1.82) is 0 Å². The van der Waals surface area contributed by atoms with Gasteiger partial charge in [-0.25, -0.2) is 0 Å². The highest BCUT2D eigenvalue weighted by Crippen LogP contribution is 2.47. The topological polar surface area (TPSA) is 170 Å². The van der Waals surface area contributed by atoms with Crippen LogP contribution < -0.4 is 66.3 Å². The van der Waals surface area contributed by atoms with Crippen LogP contribution in [0, 0.1) is 0 Å². The number of hydrogen-bond donors (Lipinski definition) is 2. The molecular weight excluding hydrogens is 1670 g/mol. The summed E-state index contributed by atoms with van der Waals surface area (Å²) >= 11 is 0. The number of rotatable bonds is 43. The molecule has 0 amide bonds.